The molecule has 134 valence electrons. The number of aromatic nitrogens is 2. The topological polar surface area (TPSA) is 56.6 Å². The van der Waals surface area contributed by atoms with Crippen LogP contribution in [-0.2, 0) is 24.8 Å². The highest BCUT2D eigenvalue weighted by Crippen LogP contribution is 2.31. The number of rotatable bonds is 4. The second-order valence-electron chi connectivity index (χ2n) is 6.65. The predicted molar refractivity (Wildman–Crippen MR) is 94.8 cm³/mol. The van der Waals surface area contributed by atoms with Crippen LogP contribution in [0.15, 0.2) is 18.2 Å². The lowest BCUT2D eigenvalue weighted by molar-refractivity contribution is -0.136. The van der Waals surface area contributed by atoms with Crippen LogP contribution >= 0.6 is 0 Å². The average molecular weight is 343 g/mol. The number of fused-ring (bicyclic) bond motifs is 1. The first-order chi connectivity index (χ1) is 11.9. The SMILES string of the molecule is COc1ccc2c(c1)OCC(C(=O)N(C)Cc1c(C)nn(C)c1C)C2. The van der Waals surface area contributed by atoms with Crippen molar-refractivity contribution in [3.8, 4) is 11.5 Å². The largest absolute Gasteiger partial charge is 0.497 e. The molecule has 2 heterocycles. The van der Waals surface area contributed by atoms with Crippen molar-refractivity contribution in [2.45, 2.75) is 26.8 Å². The van der Waals surface area contributed by atoms with Crippen molar-refractivity contribution in [3.63, 3.8) is 0 Å². The summed E-state index contributed by atoms with van der Waals surface area (Å²) in [6, 6.07) is 5.76. The third-order valence-corrected chi connectivity index (χ3v) is 4.96. The number of carbonyl (C=O) groups excluding carboxylic acids is 1. The third-order valence-electron chi connectivity index (χ3n) is 4.96. The number of aryl methyl sites for hydroxylation is 2. The van der Waals surface area contributed by atoms with Crippen LogP contribution in [0.1, 0.15) is 22.5 Å². The first kappa shape index (κ1) is 17.3. The number of ether oxygens (including phenoxy) is 2. The maximum atomic E-state index is 12.9. The Bertz CT molecular complexity index is 797. The molecule has 1 aromatic carbocycles. The van der Waals surface area contributed by atoms with Gasteiger partial charge in [0.2, 0.25) is 5.91 Å². The third kappa shape index (κ3) is 3.34. The summed E-state index contributed by atoms with van der Waals surface area (Å²) in [4.78, 5) is 14.6. The summed E-state index contributed by atoms with van der Waals surface area (Å²) in [5.41, 5.74) is 4.22. The quantitative estimate of drug-likeness (QED) is 0.854. The Morgan fingerprint density at radius 2 is 2.20 bits per heavy atom. The summed E-state index contributed by atoms with van der Waals surface area (Å²) in [6.07, 6.45) is 0.688. The van der Waals surface area contributed by atoms with E-state index in [9.17, 15) is 4.79 Å². The molecule has 1 aliphatic rings. The smallest absolute Gasteiger partial charge is 0.229 e. The Kier molecular flexibility index (Phi) is 4.70. The molecule has 1 aliphatic heterocycles. The molecular formula is C19H25N3O3. The second kappa shape index (κ2) is 6.78. The first-order valence-corrected chi connectivity index (χ1v) is 8.44. The molecule has 1 atom stereocenters. The fourth-order valence-electron chi connectivity index (χ4n) is 3.31. The molecule has 0 radical (unpaired) electrons. The van der Waals surface area contributed by atoms with E-state index in [1.807, 2.05) is 50.8 Å². The van der Waals surface area contributed by atoms with Crippen molar-refractivity contribution < 1.29 is 14.3 Å². The molecule has 25 heavy (non-hydrogen) atoms. The van der Waals surface area contributed by atoms with Gasteiger partial charge >= 0.3 is 0 Å². The molecule has 6 heteroatoms. The van der Waals surface area contributed by atoms with Gasteiger partial charge in [-0.05, 0) is 31.9 Å². The van der Waals surface area contributed by atoms with Crippen molar-refractivity contribution in [1.82, 2.24) is 14.7 Å². The monoisotopic (exact) mass is 343 g/mol. The number of hydrogen-bond acceptors (Lipinski definition) is 4. The number of nitrogens with zero attached hydrogens (tertiary/aromatic N) is 3. The zero-order chi connectivity index (χ0) is 18.1. The van der Waals surface area contributed by atoms with Crippen LogP contribution in [0.3, 0.4) is 0 Å². The van der Waals surface area contributed by atoms with Gasteiger partial charge in [-0.3, -0.25) is 9.48 Å². The van der Waals surface area contributed by atoms with E-state index in [1.165, 1.54) is 0 Å². The Morgan fingerprint density at radius 3 is 2.84 bits per heavy atom. The van der Waals surface area contributed by atoms with E-state index in [0.29, 0.717) is 19.6 Å². The van der Waals surface area contributed by atoms with Crippen LogP contribution < -0.4 is 9.47 Å². The van der Waals surface area contributed by atoms with Gasteiger partial charge in [-0.15, -0.1) is 0 Å². The van der Waals surface area contributed by atoms with Crippen molar-refractivity contribution in [1.29, 1.82) is 0 Å². The van der Waals surface area contributed by atoms with E-state index in [4.69, 9.17) is 9.47 Å². The fourth-order valence-corrected chi connectivity index (χ4v) is 3.31. The van der Waals surface area contributed by atoms with E-state index in [0.717, 1.165) is 34.0 Å². The fraction of sp³-hybridized carbons (Fsp3) is 0.474. The van der Waals surface area contributed by atoms with Crippen LogP contribution in [0.2, 0.25) is 0 Å². The molecule has 0 fully saturated rings. The predicted octanol–water partition coefficient (Wildman–Crippen LogP) is 2.26. The summed E-state index contributed by atoms with van der Waals surface area (Å²) < 4.78 is 12.9. The highest BCUT2D eigenvalue weighted by Gasteiger charge is 2.29. The summed E-state index contributed by atoms with van der Waals surface area (Å²) in [6.45, 7) is 4.97. The van der Waals surface area contributed by atoms with Crippen LogP contribution in [0, 0.1) is 19.8 Å². The van der Waals surface area contributed by atoms with Gasteiger partial charge in [-0.25, -0.2) is 0 Å². The Balaban J connectivity index is 1.70. The summed E-state index contributed by atoms with van der Waals surface area (Å²) in [5.74, 6) is 1.51. The van der Waals surface area contributed by atoms with E-state index in [2.05, 4.69) is 5.10 Å². The summed E-state index contributed by atoms with van der Waals surface area (Å²) >= 11 is 0. The van der Waals surface area contributed by atoms with Gasteiger partial charge in [0.1, 0.15) is 18.1 Å². The molecule has 0 saturated heterocycles. The zero-order valence-corrected chi connectivity index (χ0v) is 15.5. The molecular weight excluding hydrogens is 318 g/mol. The number of amides is 1. The minimum absolute atomic E-state index is 0.101. The van der Waals surface area contributed by atoms with Crippen LogP contribution in [-0.4, -0.2) is 41.4 Å². The highest BCUT2D eigenvalue weighted by molar-refractivity contribution is 5.79. The molecule has 0 aliphatic carbocycles. The van der Waals surface area contributed by atoms with E-state index in [-0.39, 0.29) is 11.8 Å². The second-order valence-corrected chi connectivity index (χ2v) is 6.65. The maximum Gasteiger partial charge on any atom is 0.229 e. The first-order valence-electron chi connectivity index (χ1n) is 8.44. The number of carbonyl (C=O) groups is 1. The lowest BCUT2D eigenvalue weighted by Crippen LogP contribution is -2.38. The number of benzene rings is 1. The van der Waals surface area contributed by atoms with Crippen LogP contribution in [0.25, 0.3) is 0 Å². The molecule has 0 saturated carbocycles. The molecule has 2 aromatic rings. The van der Waals surface area contributed by atoms with Gasteiger partial charge in [0.25, 0.3) is 0 Å². The van der Waals surface area contributed by atoms with E-state index >= 15 is 0 Å². The maximum absolute atomic E-state index is 12.9. The molecule has 3 rings (SSSR count). The minimum atomic E-state index is -0.164. The Morgan fingerprint density at radius 1 is 1.44 bits per heavy atom. The normalized spacial score (nSPS) is 16.1. The zero-order valence-electron chi connectivity index (χ0n) is 15.5. The van der Waals surface area contributed by atoms with Crippen molar-refractivity contribution in [2.75, 3.05) is 20.8 Å². The van der Waals surface area contributed by atoms with E-state index < -0.39 is 0 Å². The lowest BCUT2D eigenvalue weighted by Gasteiger charge is -2.28. The molecule has 0 N–H and O–H groups in total. The lowest BCUT2D eigenvalue weighted by atomic mass is 9.95. The Labute approximate surface area is 148 Å². The van der Waals surface area contributed by atoms with Crippen molar-refractivity contribution in [2.24, 2.45) is 13.0 Å². The van der Waals surface area contributed by atoms with E-state index in [1.54, 1.807) is 12.0 Å². The van der Waals surface area contributed by atoms with Gasteiger partial charge in [-0.1, -0.05) is 6.07 Å². The van der Waals surface area contributed by atoms with Gasteiger partial charge in [0.15, 0.2) is 0 Å². The standard InChI is InChI=1S/C19H25N3O3/c1-12-17(13(2)22(4)20-12)10-21(3)19(23)15-8-14-6-7-16(24-5)9-18(14)25-11-15/h6-7,9,15H,8,10-11H2,1-5H3. The molecule has 1 aromatic heterocycles. The van der Waals surface area contributed by atoms with Gasteiger partial charge in [0.05, 0.1) is 18.7 Å². The highest BCUT2D eigenvalue weighted by atomic mass is 16.5. The van der Waals surface area contributed by atoms with Crippen LogP contribution in [0.4, 0.5) is 0 Å². The van der Waals surface area contributed by atoms with Crippen LogP contribution in [0.5, 0.6) is 11.5 Å². The summed E-state index contributed by atoms with van der Waals surface area (Å²) in [5, 5.41) is 4.42. The molecule has 1 amide bonds. The Hall–Kier alpha value is -2.50. The van der Waals surface area contributed by atoms with Gasteiger partial charge in [0, 0.05) is 38.0 Å². The average Bonchev–Trinajstić information content (AvgIpc) is 2.86. The van der Waals surface area contributed by atoms with Gasteiger partial charge in [-0.2, -0.15) is 5.10 Å². The molecule has 1 unspecified atom stereocenters. The van der Waals surface area contributed by atoms with Crippen molar-refractivity contribution >= 4 is 5.91 Å². The number of hydrogen-bond donors (Lipinski definition) is 0. The summed E-state index contributed by atoms with van der Waals surface area (Å²) in [7, 11) is 5.40. The number of methoxy groups -OCH3 is 1. The van der Waals surface area contributed by atoms with Crippen molar-refractivity contribution in [3.05, 3.63) is 40.7 Å². The molecule has 0 bridgehead atoms. The molecule has 6 nitrogen and oxygen atoms in total. The minimum Gasteiger partial charge on any atom is -0.497 e. The van der Waals surface area contributed by atoms with Gasteiger partial charge < -0.3 is 14.4 Å². The molecule has 0 spiro atoms.